The molecule has 0 aliphatic carbocycles. The average molecular weight is 399 g/mol. The van der Waals surface area contributed by atoms with Crippen LogP contribution in [0.2, 0.25) is 0 Å². The van der Waals surface area contributed by atoms with Crippen LogP contribution in [0.3, 0.4) is 0 Å². The fourth-order valence-corrected chi connectivity index (χ4v) is 4.39. The number of phenolic OH excluding ortho intramolecular Hbond substituents is 1. The summed E-state index contributed by atoms with van der Waals surface area (Å²) in [7, 11) is 0. The third-order valence-electron chi connectivity index (χ3n) is 6.08. The lowest BCUT2D eigenvalue weighted by Crippen LogP contribution is -2.35. The van der Waals surface area contributed by atoms with E-state index in [0.29, 0.717) is 25.0 Å². The number of carbonyl (C=O) groups excluding carboxylic acids is 1. The Morgan fingerprint density at radius 3 is 2.62 bits per heavy atom. The lowest BCUT2D eigenvalue weighted by Gasteiger charge is -2.33. The van der Waals surface area contributed by atoms with Gasteiger partial charge in [0.1, 0.15) is 11.6 Å². The fourth-order valence-electron chi connectivity index (χ4n) is 4.39. The molecule has 1 amide bonds. The number of amides is 1. The number of benzene rings is 1. The molecular formula is C22H30N4O3. The van der Waals surface area contributed by atoms with E-state index in [0.717, 1.165) is 55.8 Å². The van der Waals surface area contributed by atoms with Gasteiger partial charge in [-0.05, 0) is 49.8 Å². The molecule has 29 heavy (non-hydrogen) atoms. The Morgan fingerprint density at radius 1 is 1.24 bits per heavy atom. The first-order valence-corrected chi connectivity index (χ1v) is 10.4. The molecule has 7 heteroatoms. The number of carbonyl (C=O) groups is 1. The number of anilines is 1. The predicted molar refractivity (Wildman–Crippen MR) is 111 cm³/mol. The van der Waals surface area contributed by atoms with Crippen LogP contribution < -0.4 is 5.32 Å². The smallest absolute Gasteiger partial charge is 0.231 e. The number of hydrogen-bond donors (Lipinski definition) is 2. The van der Waals surface area contributed by atoms with Crippen molar-refractivity contribution < 1.29 is 14.6 Å². The molecule has 2 aromatic rings. The van der Waals surface area contributed by atoms with Gasteiger partial charge in [0.15, 0.2) is 0 Å². The number of nitrogens with one attached hydrogen (secondary N) is 1. The summed E-state index contributed by atoms with van der Waals surface area (Å²) in [6.45, 7) is 7.91. The topological polar surface area (TPSA) is 79.6 Å². The average Bonchev–Trinajstić information content (AvgIpc) is 3.39. The van der Waals surface area contributed by atoms with Crippen LogP contribution in [0, 0.1) is 19.8 Å². The van der Waals surface area contributed by atoms with Crippen molar-refractivity contribution in [3.05, 3.63) is 41.1 Å². The van der Waals surface area contributed by atoms with Gasteiger partial charge in [0, 0.05) is 32.3 Å². The molecule has 1 aromatic carbocycles. The molecular weight excluding hydrogens is 368 g/mol. The summed E-state index contributed by atoms with van der Waals surface area (Å²) in [5.41, 5.74) is 3.10. The molecule has 2 aliphatic heterocycles. The summed E-state index contributed by atoms with van der Waals surface area (Å²) in [4.78, 5) is 14.9. The number of nitrogens with zero attached hydrogens (tertiary/aromatic N) is 3. The molecule has 4 rings (SSSR count). The standard InChI is InChI=1S/C22H30N4O3/c1-15-11-17(12-16(2)21(15)27)13-25-8-4-19(5-9-25)26-20(3-7-23-26)24-22(28)18-6-10-29-14-18/h3,7,11-12,18-19,27H,4-6,8-10,13-14H2,1-2H3,(H,24,28)/t18-/m1/s1. The Morgan fingerprint density at radius 2 is 1.97 bits per heavy atom. The van der Waals surface area contributed by atoms with Crippen molar-refractivity contribution in [1.29, 1.82) is 0 Å². The summed E-state index contributed by atoms with van der Waals surface area (Å²) in [6, 6.07) is 6.31. The number of aromatic nitrogens is 2. The van der Waals surface area contributed by atoms with Gasteiger partial charge in [-0.1, -0.05) is 12.1 Å². The van der Waals surface area contributed by atoms with Crippen molar-refractivity contribution in [3.8, 4) is 5.75 Å². The predicted octanol–water partition coefficient (Wildman–Crippen LogP) is 3.02. The second-order valence-corrected chi connectivity index (χ2v) is 8.30. The third-order valence-corrected chi connectivity index (χ3v) is 6.08. The maximum absolute atomic E-state index is 12.4. The lowest BCUT2D eigenvalue weighted by molar-refractivity contribution is -0.119. The van der Waals surface area contributed by atoms with Gasteiger partial charge in [0.05, 0.1) is 24.8 Å². The zero-order valence-corrected chi connectivity index (χ0v) is 17.2. The maximum atomic E-state index is 12.4. The van der Waals surface area contributed by atoms with E-state index in [1.54, 1.807) is 6.20 Å². The molecule has 3 heterocycles. The van der Waals surface area contributed by atoms with Crippen molar-refractivity contribution in [3.63, 3.8) is 0 Å². The number of phenols is 1. The largest absolute Gasteiger partial charge is 0.507 e. The summed E-state index contributed by atoms with van der Waals surface area (Å²) in [6.07, 6.45) is 4.53. The minimum absolute atomic E-state index is 0.0276. The summed E-state index contributed by atoms with van der Waals surface area (Å²) < 4.78 is 7.30. The van der Waals surface area contributed by atoms with Gasteiger partial charge in [-0.2, -0.15) is 5.10 Å². The van der Waals surface area contributed by atoms with E-state index in [2.05, 4.69) is 27.4 Å². The molecule has 2 aliphatic rings. The second-order valence-electron chi connectivity index (χ2n) is 8.30. The molecule has 2 fully saturated rings. The van der Waals surface area contributed by atoms with Crippen LogP contribution in [0.25, 0.3) is 0 Å². The van der Waals surface area contributed by atoms with Crippen molar-refractivity contribution in [1.82, 2.24) is 14.7 Å². The summed E-state index contributed by atoms with van der Waals surface area (Å²) in [5, 5.41) is 17.5. The Labute approximate surface area is 171 Å². The number of aromatic hydroxyl groups is 1. The number of piperidine rings is 1. The van der Waals surface area contributed by atoms with Gasteiger partial charge in [-0.3, -0.25) is 9.69 Å². The zero-order chi connectivity index (χ0) is 20.4. The van der Waals surface area contributed by atoms with Crippen LogP contribution in [-0.4, -0.2) is 52.0 Å². The molecule has 0 radical (unpaired) electrons. The second kappa shape index (κ2) is 8.55. The Bertz CT molecular complexity index is 842. The van der Waals surface area contributed by atoms with Gasteiger partial charge in [0.25, 0.3) is 0 Å². The molecule has 7 nitrogen and oxygen atoms in total. The maximum Gasteiger partial charge on any atom is 0.231 e. The van der Waals surface area contributed by atoms with Crippen LogP contribution in [0.4, 0.5) is 5.82 Å². The molecule has 156 valence electrons. The molecule has 1 atom stereocenters. The fraction of sp³-hybridized carbons (Fsp3) is 0.545. The van der Waals surface area contributed by atoms with E-state index in [9.17, 15) is 9.90 Å². The highest BCUT2D eigenvalue weighted by atomic mass is 16.5. The van der Waals surface area contributed by atoms with Crippen molar-refractivity contribution in [2.75, 3.05) is 31.6 Å². The number of hydrogen-bond acceptors (Lipinski definition) is 5. The molecule has 0 spiro atoms. The minimum atomic E-state index is -0.0579. The van der Waals surface area contributed by atoms with Crippen LogP contribution in [0.5, 0.6) is 5.75 Å². The van der Waals surface area contributed by atoms with Gasteiger partial charge in [0.2, 0.25) is 5.91 Å². The van der Waals surface area contributed by atoms with Gasteiger partial charge >= 0.3 is 0 Å². The van der Waals surface area contributed by atoms with Gasteiger partial charge < -0.3 is 15.2 Å². The normalized spacial score (nSPS) is 20.8. The van der Waals surface area contributed by atoms with Crippen LogP contribution >= 0.6 is 0 Å². The van der Waals surface area contributed by atoms with Gasteiger partial charge in [-0.25, -0.2) is 4.68 Å². The lowest BCUT2D eigenvalue weighted by atomic mass is 10.0. The van der Waals surface area contributed by atoms with E-state index in [1.807, 2.05) is 24.6 Å². The monoisotopic (exact) mass is 398 g/mol. The first-order valence-electron chi connectivity index (χ1n) is 10.4. The Hall–Kier alpha value is -2.38. The van der Waals surface area contributed by atoms with Gasteiger partial charge in [-0.15, -0.1) is 0 Å². The van der Waals surface area contributed by atoms with Crippen LogP contribution in [-0.2, 0) is 16.1 Å². The van der Waals surface area contributed by atoms with E-state index in [4.69, 9.17) is 4.74 Å². The van der Waals surface area contributed by atoms with E-state index in [-0.39, 0.29) is 11.8 Å². The summed E-state index contributed by atoms with van der Waals surface area (Å²) in [5.74, 6) is 1.15. The number of rotatable bonds is 5. The molecule has 2 N–H and O–H groups in total. The first kappa shape index (κ1) is 19.9. The minimum Gasteiger partial charge on any atom is -0.507 e. The highest BCUT2D eigenvalue weighted by Crippen LogP contribution is 2.28. The third kappa shape index (κ3) is 4.46. The number of likely N-dealkylation sites (tertiary alicyclic amines) is 1. The van der Waals surface area contributed by atoms with E-state index in [1.165, 1.54) is 5.56 Å². The van der Waals surface area contributed by atoms with Crippen molar-refractivity contribution in [2.45, 2.75) is 45.7 Å². The molecule has 0 unspecified atom stereocenters. The van der Waals surface area contributed by atoms with Crippen molar-refractivity contribution >= 4 is 11.7 Å². The van der Waals surface area contributed by atoms with Crippen molar-refractivity contribution in [2.24, 2.45) is 5.92 Å². The van der Waals surface area contributed by atoms with Crippen LogP contribution in [0.1, 0.15) is 42.0 Å². The highest BCUT2D eigenvalue weighted by Gasteiger charge is 2.27. The quantitative estimate of drug-likeness (QED) is 0.809. The SMILES string of the molecule is Cc1cc(CN2CCC(n3nccc3NC(=O)[C@@H]3CCOC3)CC2)cc(C)c1O. The molecule has 0 saturated carbocycles. The first-order chi connectivity index (χ1) is 14.0. The summed E-state index contributed by atoms with van der Waals surface area (Å²) >= 11 is 0. The van der Waals surface area contributed by atoms with Crippen LogP contribution in [0.15, 0.2) is 24.4 Å². The van der Waals surface area contributed by atoms with E-state index >= 15 is 0 Å². The Kier molecular flexibility index (Phi) is 5.87. The molecule has 1 aromatic heterocycles. The zero-order valence-electron chi connectivity index (χ0n) is 17.2. The molecule has 0 bridgehead atoms. The molecule has 2 saturated heterocycles. The number of ether oxygens (including phenoxy) is 1. The van der Waals surface area contributed by atoms with E-state index < -0.39 is 0 Å². The number of aryl methyl sites for hydroxylation is 2. The highest BCUT2D eigenvalue weighted by molar-refractivity contribution is 5.92. The Balaban J connectivity index is 1.34.